The lowest BCUT2D eigenvalue weighted by atomic mass is 10.2. The maximum Gasteiger partial charge on any atom is 0.241 e. The fraction of sp³-hybridized carbons (Fsp3) is 0.364. The van der Waals surface area contributed by atoms with Gasteiger partial charge in [0.15, 0.2) is 0 Å². The van der Waals surface area contributed by atoms with Gasteiger partial charge in [0.05, 0.1) is 17.4 Å². The predicted octanol–water partition coefficient (Wildman–Crippen LogP) is 2.54. The number of anilines is 2. The Hall–Kier alpha value is -0.680. The highest BCUT2D eigenvalue weighted by molar-refractivity contribution is 6.31. The van der Waals surface area contributed by atoms with Gasteiger partial charge in [-0.25, -0.2) is 0 Å². The first-order valence-electron chi connectivity index (χ1n) is 4.95. The van der Waals surface area contributed by atoms with E-state index in [9.17, 15) is 4.79 Å². The molecule has 1 aromatic rings. The summed E-state index contributed by atoms with van der Waals surface area (Å²) in [5.74, 6) is -0.231. The van der Waals surface area contributed by atoms with E-state index in [0.717, 1.165) is 5.69 Å². The van der Waals surface area contributed by atoms with Crippen LogP contribution < -0.4 is 16.0 Å². The topological polar surface area (TPSA) is 58.4 Å². The predicted molar refractivity (Wildman–Crippen MR) is 82.6 cm³/mol. The first-order valence-corrected chi connectivity index (χ1v) is 5.33. The van der Waals surface area contributed by atoms with Crippen molar-refractivity contribution in [3.05, 3.63) is 23.2 Å². The molecule has 104 valence electrons. The van der Waals surface area contributed by atoms with Crippen LogP contribution in [0, 0.1) is 0 Å². The van der Waals surface area contributed by atoms with Crippen LogP contribution in [0.1, 0.15) is 6.92 Å². The van der Waals surface area contributed by atoms with E-state index in [0.29, 0.717) is 10.7 Å². The van der Waals surface area contributed by atoms with Crippen molar-refractivity contribution < 1.29 is 4.79 Å². The van der Waals surface area contributed by atoms with E-state index < -0.39 is 6.04 Å². The van der Waals surface area contributed by atoms with E-state index in [4.69, 9.17) is 17.3 Å². The number of hydrogen-bond acceptors (Lipinski definition) is 3. The van der Waals surface area contributed by atoms with Gasteiger partial charge in [-0.1, -0.05) is 11.6 Å². The smallest absolute Gasteiger partial charge is 0.241 e. The summed E-state index contributed by atoms with van der Waals surface area (Å²) in [6, 6.07) is 4.78. The molecule has 0 fully saturated rings. The van der Waals surface area contributed by atoms with E-state index in [1.807, 2.05) is 25.1 Å². The number of carbonyl (C=O) groups excluding carboxylic acids is 1. The standard InChI is InChI=1S/C11H16ClN3O.2ClH/c1-7(13)11(16)14-9-6-8(12)4-5-10(9)15(2)3;;/h4-7H,13H2,1-3H3,(H,14,16);2*1H/t7-;;/m0../s1. The molecule has 0 aliphatic heterocycles. The van der Waals surface area contributed by atoms with Gasteiger partial charge in [0.25, 0.3) is 0 Å². The molecule has 0 unspecified atom stereocenters. The number of carbonyl (C=O) groups is 1. The second-order valence-electron chi connectivity index (χ2n) is 3.83. The van der Waals surface area contributed by atoms with Crippen molar-refractivity contribution in [1.29, 1.82) is 0 Å². The summed E-state index contributed by atoms with van der Waals surface area (Å²) >= 11 is 5.88. The summed E-state index contributed by atoms with van der Waals surface area (Å²) < 4.78 is 0. The largest absolute Gasteiger partial charge is 0.376 e. The fourth-order valence-electron chi connectivity index (χ4n) is 1.24. The Morgan fingerprint density at radius 2 is 1.94 bits per heavy atom. The highest BCUT2D eigenvalue weighted by Crippen LogP contribution is 2.27. The second kappa shape index (κ2) is 8.43. The third-order valence-electron chi connectivity index (χ3n) is 2.11. The minimum absolute atomic E-state index is 0. The molecule has 0 aliphatic rings. The van der Waals surface area contributed by atoms with E-state index in [2.05, 4.69) is 5.32 Å². The van der Waals surface area contributed by atoms with E-state index in [-0.39, 0.29) is 30.7 Å². The first kappa shape index (κ1) is 19.7. The molecule has 0 bridgehead atoms. The average molecular weight is 315 g/mol. The number of amides is 1. The molecule has 18 heavy (non-hydrogen) atoms. The summed E-state index contributed by atoms with van der Waals surface area (Å²) in [4.78, 5) is 13.4. The summed E-state index contributed by atoms with van der Waals surface area (Å²) in [7, 11) is 3.79. The van der Waals surface area contributed by atoms with Crippen LogP contribution in [-0.2, 0) is 4.79 Å². The molecule has 7 heteroatoms. The molecule has 0 heterocycles. The zero-order chi connectivity index (χ0) is 12.3. The quantitative estimate of drug-likeness (QED) is 0.901. The Kier molecular flexibility index (Phi) is 9.20. The molecule has 1 aromatic carbocycles. The van der Waals surface area contributed by atoms with Crippen molar-refractivity contribution in [2.24, 2.45) is 5.73 Å². The molecule has 0 radical (unpaired) electrons. The van der Waals surface area contributed by atoms with Crippen molar-refractivity contribution in [2.75, 3.05) is 24.3 Å². The van der Waals surface area contributed by atoms with Crippen LogP contribution >= 0.6 is 36.4 Å². The molecule has 1 amide bonds. The van der Waals surface area contributed by atoms with E-state index in [1.165, 1.54) is 0 Å². The molecule has 0 aromatic heterocycles. The number of benzene rings is 1. The normalized spacial score (nSPS) is 10.7. The molecule has 0 saturated carbocycles. The maximum atomic E-state index is 11.5. The van der Waals surface area contributed by atoms with Gasteiger partial charge in [0.1, 0.15) is 0 Å². The summed E-state index contributed by atoms with van der Waals surface area (Å²) in [6.45, 7) is 1.63. The van der Waals surface area contributed by atoms with Gasteiger partial charge in [-0.3, -0.25) is 4.79 Å². The summed E-state index contributed by atoms with van der Waals surface area (Å²) in [6.07, 6.45) is 0. The number of hydrogen-bond donors (Lipinski definition) is 2. The zero-order valence-corrected chi connectivity index (χ0v) is 12.8. The first-order chi connectivity index (χ1) is 7.41. The number of halogens is 3. The van der Waals surface area contributed by atoms with Crippen molar-refractivity contribution in [3.63, 3.8) is 0 Å². The monoisotopic (exact) mass is 313 g/mol. The molecule has 0 spiro atoms. The number of rotatable bonds is 3. The van der Waals surface area contributed by atoms with Crippen LogP contribution in [0.2, 0.25) is 5.02 Å². The molecule has 1 rings (SSSR count). The highest BCUT2D eigenvalue weighted by atomic mass is 35.5. The zero-order valence-electron chi connectivity index (χ0n) is 10.4. The summed E-state index contributed by atoms with van der Waals surface area (Å²) in [5, 5.41) is 3.32. The maximum absolute atomic E-state index is 11.5. The molecular formula is C11H18Cl3N3O. The van der Waals surface area contributed by atoms with Crippen LogP contribution in [0.5, 0.6) is 0 Å². The minimum atomic E-state index is -0.547. The highest BCUT2D eigenvalue weighted by Gasteiger charge is 2.11. The number of nitrogens with zero attached hydrogens (tertiary/aromatic N) is 1. The third-order valence-corrected chi connectivity index (χ3v) is 2.35. The molecule has 3 N–H and O–H groups in total. The summed E-state index contributed by atoms with van der Waals surface area (Å²) in [5.41, 5.74) is 7.04. The Morgan fingerprint density at radius 3 is 2.39 bits per heavy atom. The Balaban J connectivity index is 0. The second-order valence-corrected chi connectivity index (χ2v) is 4.27. The van der Waals surface area contributed by atoms with Crippen LogP contribution in [0.25, 0.3) is 0 Å². The molecule has 1 atom stereocenters. The van der Waals surface area contributed by atoms with Gasteiger partial charge in [-0.05, 0) is 25.1 Å². The fourth-order valence-corrected chi connectivity index (χ4v) is 1.42. The number of nitrogens with two attached hydrogens (primary N) is 1. The van der Waals surface area contributed by atoms with Gasteiger partial charge in [-0.15, -0.1) is 24.8 Å². The molecule has 0 aliphatic carbocycles. The van der Waals surface area contributed by atoms with Crippen molar-refractivity contribution in [2.45, 2.75) is 13.0 Å². The van der Waals surface area contributed by atoms with Crippen LogP contribution in [0.4, 0.5) is 11.4 Å². The van der Waals surface area contributed by atoms with Gasteiger partial charge < -0.3 is 16.0 Å². The lowest BCUT2D eigenvalue weighted by Crippen LogP contribution is -2.33. The Morgan fingerprint density at radius 1 is 1.39 bits per heavy atom. The van der Waals surface area contributed by atoms with E-state index in [1.54, 1.807) is 19.1 Å². The van der Waals surface area contributed by atoms with Crippen molar-refractivity contribution in [3.8, 4) is 0 Å². The number of nitrogens with one attached hydrogen (secondary N) is 1. The average Bonchev–Trinajstić information content (AvgIpc) is 2.16. The van der Waals surface area contributed by atoms with Gasteiger partial charge in [0.2, 0.25) is 5.91 Å². The van der Waals surface area contributed by atoms with Gasteiger partial charge in [0, 0.05) is 19.1 Å². The molecular weight excluding hydrogens is 296 g/mol. The Bertz CT molecular complexity index is 397. The minimum Gasteiger partial charge on any atom is -0.376 e. The third kappa shape index (κ3) is 5.31. The van der Waals surface area contributed by atoms with Crippen LogP contribution in [-0.4, -0.2) is 26.0 Å². The lowest BCUT2D eigenvalue weighted by Gasteiger charge is -2.18. The molecule has 0 saturated heterocycles. The van der Waals surface area contributed by atoms with Crippen LogP contribution in [0.15, 0.2) is 18.2 Å². The lowest BCUT2D eigenvalue weighted by molar-refractivity contribution is -0.117. The molecule has 4 nitrogen and oxygen atoms in total. The van der Waals surface area contributed by atoms with Crippen LogP contribution in [0.3, 0.4) is 0 Å². The van der Waals surface area contributed by atoms with Crippen molar-refractivity contribution >= 4 is 53.7 Å². The van der Waals surface area contributed by atoms with Gasteiger partial charge in [-0.2, -0.15) is 0 Å². The van der Waals surface area contributed by atoms with E-state index >= 15 is 0 Å². The SMILES string of the molecule is C[C@H](N)C(=O)Nc1cc(Cl)ccc1N(C)C.Cl.Cl. The van der Waals surface area contributed by atoms with Gasteiger partial charge >= 0.3 is 0 Å². The van der Waals surface area contributed by atoms with Crippen molar-refractivity contribution in [1.82, 2.24) is 0 Å². The Labute approximate surface area is 125 Å².